The van der Waals surface area contributed by atoms with Gasteiger partial charge in [-0.25, -0.2) is 0 Å². The summed E-state index contributed by atoms with van der Waals surface area (Å²) in [4.78, 5) is 4.20. The molecule has 0 saturated heterocycles. The van der Waals surface area contributed by atoms with Crippen LogP contribution in [0.4, 0.5) is 0 Å². The molecule has 2 rings (SSSR count). The van der Waals surface area contributed by atoms with Gasteiger partial charge in [0.05, 0.1) is 24.8 Å². The van der Waals surface area contributed by atoms with Crippen LogP contribution in [0.25, 0.3) is 10.9 Å². The Morgan fingerprint density at radius 3 is 2.85 bits per heavy atom. The summed E-state index contributed by atoms with van der Waals surface area (Å²) in [6.07, 6.45) is 3.23. The molecule has 0 aliphatic carbocycles. The number of rotatable bonds is 6. The molecule has 2 N–H and O–H groups in total. The second-order valence-electron chi connectivity index (χ2n) is 4.12. The standard InChI is InChI=1S/C14H15ClN2O3/c1-19-12-5-10-11(6-13(12)20-4-2-3-15)17-8-9(7-16)14(10)18/h5-8,16H,2-4H2,1H3,(H,17,18). The SMILES string of the molecule is COc1cc2c(O)c(C=N)cnc2cc1OCCCCl. The molecule has 2 aromatic rings. The van der Waals surface area contributed by atoms with Crippen molar-refractivity contribution in [1.82, 2.24) is 4.98 Å². The summed E-state index contributed by atoms with van der Waals surface area (Å²) < 4.78 is 10.9. The minimum absolute atomic E-state index is 0.00982. The number of pyridine rings is 1. The lowest BCUT2D eigenvalue weighted by molar-refractivity contribution is 0.295. The molecule has 1 heterocycles. The van der Waals surface area contributed by atoms with E-state index in [0.29, 0.717) is 40.5 Å². The van der Waals surface area contributed by atoms with Crippen LogP contribution in [0.1, 0.15) is 12.0 Å². The minimum atomic E-state index is 0.00982. The van der Waals surface area contributed by atoms with E-state index in [1.54, 1.807) is 12.1 Å². The van der Waals surface area contributed by atoms with Crippen molar-refractivity contribution in [2.24, 2.45) is 0 Å². The van der Waals surface area contributed by atoms with Crippen LogP contribution in [0.5, 0.6) is 17.2 Å². The Balaban J connectivity index is 2.48. The lowest BCUT2D eigenvalue weighted by atomic mass is 10.1. The average molecular weight is 295 g/mol. The second-order valence-corrected chi connectivity index (χ2v) is 4.50. The van der Waals surface area contributed by atoms with Crippen molar-refractivity contribution in [2.75, 3.05) is 19.6 Å². The van der Waals surface area contributed by atoms with Crippen molar-refractivity contribution in [3.63, 3.8) is 0 Å². The maximum absolute atomic E-state index is 10.1. The molecule has 0 saturated carbocycles. The molecule has 5 nitrogen and oxygen atoms in total. The zero-order chi connectivity index (χ0) is 14.5. The third-order valence-electron chi connectivity index (χ3n) is 2.84. The van der Waals surface area contributed by atoms with Gasteiger partial charge in [-0.15, -0.1) is 11.6 Å². The normalized spacial score (nSPS) is 10.5. The molecule has 0 amide bonds. The number of nitrogens with zero attached hydrogens (tertiary/aromatic N) is 1. The smallest absolute Gasteiger partial charge is 0.163 e. The Labute approximate surface area is 121 Å². The summed E-state index contributed by atoms with van der Waals surface area (Å²) >= 11 is 5.61. The van der Waals surface area contributed by atoms with E-state index in [1.165, 1.54) is 13.3 Å². The fourth-order valence-electron chi connectivity index (χ4n) is 1.82. The average Bonchev–Trinajstić information content (AvgIpc) is 2.47. The van der Waals surface area contributed by atoms with Crippen molar-refractivity contribution in [2.45, 2.75) is 6.42 Å². The second kappa shape index (κ2) is 6.43. The maximum atomic E-state index is 10.1. The van der Waals surface area contributed by atoms with Gasteiger partial charge in [0.15, 0.2) is 11.5 Å². The van der Waals surface area contributed by atoms with Crippen LogP contribution in [0.2, 0.25) is 0 Å². The molecule has 1 aromatic carbocycles. The van der Waals surface area contributed by atoms with Gasteiger partial charge in [-0.05, 0) is 12.5 Å². The molecular formula is C14H15ClN2O3. The number of nitrogens with one attached hydrogen (secondary N) is 1. The van der Waals surface area contributed by atoms with Crippen LogP contribution in [0.15, 0.2) is 18.3 Å². The Hall–Kier alpha value is -2.01. The summed E-state index contributed by atoms with van der Waals surface area (Å²) in [7, 11) is 1.53. The molecule has 0 aliphatic rings. The maximum Gasteiger partial charge on any atom is 0.163 e. The monoisotopic (exact) mass is 294 g/mol. The van der Waals surface area contributed by atoms with Crippen LogP contribution < -0.4 is 9.47 Å². The zero-order valence-electron chi connectivity index (χ0n) is 11.0. The van der Waals surface area contributed by atoms with E-state index < -0.39 is 0 Å². The van der Waals surface area contributed by atoms with Crippen LogP contribution >= 0.6 is 11.6 Å². The van der Waals surface area contributed by atoms with E-state index in [-0.39, 0.29) is 5.75 Å². The highest BCUT2D eigenvalue weighted by molar-refractivity contribution is 6.17. The molecule has 0 bridgehead atoms. The summed E-state index contributed by atoms with van der Waals surface area (Å²) in [6, 6.07) is 3.36. The predicted molar refractivity (Wildman–Crippen MR) is 78.7 cm³/mol. The highest BCUT2D eigenvalue weighted by atomic mass is 35.5. The Morgan fingerprint density at radius 2 is 2.20 bits per heavy atom. The van der Waals surface area contributed by atoms with Crippen LogP contribution in [-0.2, 0) is 0 Å². The first-order valence-corrected chi connectivity index (χ1v) is 6.63. The van der Waals surface area contributed by atoms with Crippen molar-refractivity contribution < 1.29 is 14.6 Å². The lowest BCUT2D eigenvalue weighted by Crippen LogP contribution is -2.00. The van der Waals surface area contributed by atoms with Gasteiger partial charge in [0.25, 0.3) is 0 Å². The number of aromatic hydroxyl groups is 1. The number of methoxy groups -OCH3 is 1. The fraction of sp³-hybridized carbons (Fsp3) is 0.286. The fourth-order valence-corrected chi connectivity index (χ4v) is 1.93. The van der Waals surface area contributed by atoms with Gasteiger partial charge in [-0.1, -0.05) is 0 Å². The van der Waals surface area contributed by atoms with E-state index in [4.69, 9.17) is 26.5 Å². The lowest BCUT2D eigenvalue weighted by Gasteiger charge is -2.12. The van der Waals surface area contributed by atoms with Crippen LogP contribution in [0, 0.1) is 5.41 Å². The highest BCUT2D eigenvalue weighted by Crippen LogP contribution is 2.36. The summed E-state index contributed by atoms with van der Waals surface area (Å²) in [5, 5.41) is 17.8. The molecule has 0 unspecified atom stereocenters. The van der Waals surface area contributed by atoms with E-state index in [0.717, 1.165) is 12.6 Å². The van der Waals surface area contributed by atoms with Crippen molar-refractivity contribution in [3.05, 3.63) is 23.9 Å². The van der Waals surface area contributed by atoms with Crippen molar-refractivity contribution in [3.8, 4) is 17.2 Å². The predicted octanol–water partition coefficient (Wildman–Crippen LogP) is 2.95. The third-order valence-corrected chi connectivity index (χ3v) is 3.11. The first-order valence-electron chi connectivity index (χ1n) is 6.10. The Morgan fingerprint density at radius 1 is 1.40 bits per heavy atom. The molecule has 0 aliphatic heterocycles. The number of hydrogen-bond donors (Lipinski definition) is 2. The zero-order valence-corrected chi connectivity index (χ0v) is 11.8. The molecule has 1 aromatic heterocycles. The Kier molecular flexibility index (Phi) is 4.63. The number of alkyl halides is 1. The van der Waals surface area contributed by atoms with Crippen LogP contribution in [-0.4, -0.2) is 35.9 Å². The summed E-state index contributed by atoms with van der Waals surface area (Å²) in [5.74, 6) is 1.60. The molecule has 6 heteroatoms. The van der Waals surface area contributed by atoms with E-state index in [2.05, 4.69) is 4.98 Å². The van der Waals surface area contributed by atoms with Gasteiger partial charge in [-0.2, -0.15) is 0 Å². The minimum Gasteiger partial charge on any atom is -0.506 e. The van der Waals surface area contributed by atoms with E-state index in [9.17, 15) is 5.11 Å². The van der Waals surface area contributed by atoms with Gasteiger partial charge < -0.3 is 20.0 Å². The largest absolute Gasteiger partial charge is 0.506 e. The molecule has 20 heavy (non-hydrogen) atoms. The molecular weight excluding hydrogens is 280 g/mol. The molecule has 0 fully saturated rings. The van der Waals surface area contributed by atoms with Crippen LogP contribution in [0.3, 0.4) is 0 Å². The number of ether oxygens (including phenoxy) is 2. The summed E-state index contributed by atoms with van der Waals surface area (Å²) in [6.45, 7) is 0.482. The van der Waals surface area contributed by atoms with E-state index >= 15 is 0 Å². The van der Waals surface area contributed by atoms with Crippen molar-refractivity contribution >= 4 is 28.7 Å². The number of halogens is 1. The Bertz CT molecular complexity index is 631. The molecule has 106 valence electrons. The third kappa shape index (κ3) is 2.77. The number of hydrogen-bond acceptors (Lipinski definition) is 5. The number of fused-ring (bicyclic) bond motifs is 1. The highest BCUT2D eigenvalue weighted by Gasteiger charge is 2.12. The first kappa shape index (κ1) is 14.4. The molecule has 0 atom stereocenters. The summed E-state index contributed by atoms with van der Waals surface area (Å²) in [5.41, 5.74) is 0.935. The van der Waals surface area contributed by atoms with Gasteiger partial charge in [0.2, 0.25) is 0 Å². The quantitative estimate of drug-likeness (QED) is 0.488. The molecule has 0 radical (unpaired) electrons. The molecule has 0 spiro atoms. The van der Waals surface area contributed by atoms with Crippen molar-refractivity contribution in [1.29, 1.82) is 5.41 Å². The van der Waals surface area contributed by atoms with Gasteiger partial charge in [0, 0.05) is 29.7 Å². The number of benzene rings is 1. The topological polar surface area (TPSA) is 75.4 Å². The van der Waals surface area contributed by atoms with Gasteiger partial charge >= 0.3 is 0 Å². The van der Waals surface area contributed by atoms with E-state index in [1.807, 2.05) is 0 Å². The first-order chi connectivity index (χ1) is 9.71. The van der Waals surface area contributed by atoms with Gasteiger partial charge in [0.1, 0.15) is 5.75 Å². The number of aromatic nitrogens is 1. The van der Waals surface area contributed by atoms with Gasteiger partial charge in [-0.3, -0.25) is 4.98 Å².